The molecule has 5 heteroatoms. The molecule has 0 aliphatic carbocycles. The van der Waals surface area contributed by atoms with Gasteiger partial charge in [0.05, 0.1) is 12.1 Å². The number of carbonyl (C=O) groups is 1. The second kappa shape index (κ2) is 7.76. The average molecular weight is 362 g/mol. The topological polar surface area (TPSA) is 66.6 Å². The molecule has 1 unspecified atom stereocenters. The van der Waals surface area contributed by atoms with E-state index in [-0.39, 0.29) is 5.56 Å². The van der Waals surface area contributed by atoms with Crippen LogP contribution in [0.3, 0.4) is 0 Å². The summed E-state index contributed by atoms with van der Waals surface area (Å²) in [5.41, 5.74) is 2.22. The molecule has 1 atom stereocenters. The predicted molar refractivity (Wildman–Crippen MR) is 102 cm³/mol. The van der Waals surface area contributed by atoms with E-state index in [1.807, 2.05) is 30.6 Å². The Hall–Kier alpha value is -2.92. The Kier molecular flexibility index (Phi) is 5.03. The molecule has 0 bridgehead atoms. The highest BCUT2D eigenvalue weighted by Crippen LogP contribution is 2.28. The number of nitrogens with zero attached hydrogens (tertiary/aromatic N) is 2. The van der Waals surface area contributed by atoms with Crippen molar-refractivity contribution >= 4 is 5.97 Å². The zero-order valence-electron chi connectivity index (χ0n) is 15.0. The van der Waals surface area contributed by atoms with Crippen LogP contribution in [0.15, 0.2) is 65.3 Å². The van der Waals surface area contributed by atoms with Crippen molar-refractivity contribution in [2.24, 2.45) is 5.92 Å². The highest BCUT2D eigenvalue weighted by Gasteiger charge is 2.24. The van der Waals surface area contributed by atoms with Crippen molar-refractivity contribution in [2.45, 2.75) is 19.4 Å². The number of hydrogen-bond donors (Lipinski definition) is 1. The van der Waals surface area contributed by atoms with E-state index in [1.165, 1.54) is 12.0 Å². The van der Waals surface area contributed by atoms with Crippen molar-refractivity contribution < 1.29 is 14.3 Å². The monoisotopic (exact) mass is 362 g/mol. The maximum absolute atomic E-state index is 11.4. The zero-order chi connectivity index (χ0) is 18.6. The quantitative estimate of drug-likeness (QED) is 0.715. The van der Waals surface area contributed by atoms with Crippen LogP contribution in [0.25, 0.3) is 11.3 Å². The molecule has 2 aromatic heterocycles. The van der Waals surface area contributed by atoms with Gasteiger partial charge in [0.2, 0.25) is 0 Å². The molecular formula is C22H22N2O3. The van der Waals surface area contributed by atoms with Gasteiger partial charge in [-0.25, -0.2) is 4.79 Å². The smallest absolute Gasteiger partial charge is 0.336 e. The fourth-order valence-electron chi connectivity index (χ4n) is 3.79. The van der Waals surface area contributed by atoms with Gasteiger partial charge in [0.15, 0.2) is 0 Å². The number of furan rings is 1. The summed E-state index contributed by atoms with van der Waals surface area (Å²) in [7, 11) is 0. The number of aromatic nitrogens is 1. The van der Waals surface area contributed by atoms with Crippen molar-refractivity contribution in [2.75, 3.05) is 13.1 Å². The minimum absolute atomic E-state index is 0.261. The van der Waals surface area contributed by atoms with Gasteiger partial charge < -0.3 is 9.52 Å². The molecule has 0 amide bonds. The molecule has 1 saturated heterocycles. The van der Waals surface area contributed by atoms with Gasteiger partial charge in [-0.05, 0) is 61.2 Å². The number of carboxylic acids is 1. The average Bonchev–Trinajstić information content (AvgIpc) is 3.32. The van der Waals surface area contributed by atoms with Gasteiger partial charge in [0.1, 0.15) is 11.5 Å². The van der Waals surface area contributed by atoms with Crippen LogP contribution < -0.4 is 0 Å². The fraction of sp³-hybridized carbons (Fsp3) is 0.273. The summed E-state index contributed by atoms with van der Waals surface area (Å²) in [5, 5.41) is 9.36. The molecular weight excluding hydrogens is 340 g/mol. The summed E-state index contributed by atoms with van der Waals surface area (Å²) in [6.07, 6.45) is 5.95. The van der Waals surface area contributed by atoms with E-state index in [4.69, 9.17) is 4.42 Å². The van der Waals surface area contributed by atoms with Gasteiger partial charge in [0.25, 0.3) is 0 Å². The molecule has 0 spiro atoms. The minimum atomic E-state index is -0.943. The summed E-state index contributed by atoms with van der Waals surface area (Å²) in [4.78, 5) is 17.9. The number of hydrogen-bond acceptors (Lipinski definition) is 4. The molecule has 3 aromatic rings. The van der Waals surface area contributed by atoms with Crippen LogP contribution in [0.1, 0.15) is 28.1 Å². The minimum Gasteiger partial charge on any atom is -0.478 e. The molecule has 138 valence electrons. The van der Waals surface area contributed by atoms with Crippen LogP contribution in [0.4, 0.5) is 0 Å². The van der Waals surface area contributed by atoms with Crippen molar-refractivity contribution in [1.82, 2.24) is 9.88 Å². The van der Waals surface area contributed by atoms with Crippen LogP contribution in [0.5, 0.6) is 0 Å². The summed E-state index contributed by atoms with van der Waals surface area (Å²) >= 11 is 0. The largest absolute Gasteiger partial charge is 0.478 e. The van der Waals surface area contributed by atoms with Crippen LogP contribution in [0.2, 0.25) is 0 Å². The molecule has 0 radical (unpaired) electrons. The molecule has 1 fully saturated rings. The summed E-state index contributed by atoms with van der Waals surface area (Å²) < 4.78 is 5.96. The second-order valence-corrected chi connectivity index (χ2v) is 7.07. The number of rotatable bonds is 6. The second-order valence-electron chi connectivity index (χ2n) is 7.07. The number of likely N-dealkylation sites (tertiary alicyclic amines) is 1. The molecule has 27 heavy (non-hydrogen) atoms. The van der Waals surface area contributed by atoms with Crippen LogP contribution >= 0.6 is 0 Å². The lowest BCUT2D eigenvalue weighted by molar-refractivity contribution is 0.0697. The molecule has 0 saturated carbocycles. The van der Waals surface area contributed by atoms with Gasteiger partial charge >= 0.3 is 5.97 Å². The lowest BCUT2D eigenvalue weighted by Crippen LogP contribution is -2.20. The Bertz CT molecular complexity index is 920. The van der Waals surface area contributed by atoms with Crippen LogP contribution in [-0.4, -0.2) is 34.0 Å². The highest BCUT2D eigenvalue weighted by atomic mass is 16.4. The van der Waals surface area contributed by atoms with Crippen molar-refractivity contribution in [3.63, 3.8) is 0 Å². The number of pyridine rings is 1. The van der Waals surface area contributed by atoms with Gasteiger partial charge in [-0.15, -0.1) is 0 Å². The van der Waals surface area contributed by atoms with Gasteiger partial charge in [0, 0.05) is 24.5 Å². The highest BCUT2D eigenvalue weighted by molar-refractivity contribution is 5.95. The van der Waals surface area contributed by atoms with E-state index < -0.39 is 5.97 Å². The zero-order valence-corrected chi connectivity index (χ0v) is 15.0. The molecule has 4 rings (SSSR count). The first-order valence-corrected chi connectivity index (χ1v) is 9.21. The summed E-state index contributed by atoms with van der Waals surface area (Å²) in [6.45, 7) is 2.85. The number of carboxylic acid groups (broad SMARTS) is 1. The van der Waals surface area contributed by atoms with Crippen molar-refractivity contribution in [3.8, 4) is 11.3 Å². The predicted octanol–water partition coefficient (Wildman–Crippen LogP) is 4.10. The van der Waals surface area contributed by atoms with E-state index >= 15 is 0 Å². The number of aromatic carboxylic acids is 1. The van der Waals surface area contributed by atoms with Crippen LogP contribution in [0, 0.1) is 5.92 Å². The van der Waals surface area contributed by atoms with E-state index in [0.29, 0.717) is 17.2 Å². The summed E-state index contributed by atoms with van der Waals surface area (Å²) in [5.74, 6) is 1.18. The van der Waals surface area contributed by atoms with E-state index in [0.717, 1.165) is 31.8 Å². The Balaban J connectivity index is 1.40. The molecule has 1 aliphatic heterocycles. The Morgan fingerprint density at radius 2 is 1.96 bits per heavy atom. The maximum Gasteiger partial charge on any atom is 0.336 e. The first-order valence-electron chi connectivity index (χ1n) is 9.21. The first-order chi connectivity index (χ1) is 13.2. The molecule has 1 aromatic carbocycles. The lowest BCUT2D eigenvalue weighted by atomic mass is 10.00. The summed E-state index contributed by atoms with van der Waals surface area (Å²) in [6, 6.07) is 14.9. The maximum atomic E-state index is 11.4. The van der Waals surface area contributed by atoms with Gasteiger partial charge in [-0.3, -0.25) is 9.88 Å². The van der Waals surface area contributed by atoms with Gasteiger partial charge in [-0.1, -0.05) is 18.2 Å². The van der Waals surface area contributed by atoms with Gasteiger partial charge in [-0.2, -0.15) is 0 Å². The fourth-order valence-corrected chi connectivity index (χ4v) is 3.79. The Morgan fingerprint density at radius 1 is 1.15 bits per heavy atom. The molecule has 3 heterocycles. The third kappa shape index (κ3) is 4.09. The standard InChI is InChI=1S/C22H22N2O3/c25-22(26)20-4-2-1-3-19(20)21-6-5-18(27-21)15-24-12-9-17(14-24)13-16-7-10-23-11-8-16/h1-8,10-11,17H,9,12-15H2,(H,25,26). The molecule has 1 aliphatic rings. The molecule has 5 nitrogen and oxygen atoms in total. The third-order valence-electron chi connectivity index (χ3n) is 5.11. The van der Waals surface area contributed by atoms with Crippen molar-refractivity contribution in [1.29, 1.82) is 0 Å². The molecule has 1 N–H and O–H groups in total. The Morgan fingerprint density at radius 3 is 2.78 bits per heavy atom. The van der Waals surface area contributed by atoms with E-state index in [2.05, 4.69) is 22.0 Å². The SMILES string of the molecule is O=C(O)c1ccccc1-c1ccc(CN2CCC(Cc3ccncc3)C2)o1. The van der Waals surface area contributed by atoms with Crippen molar-refractivity contribution in [3.05, 3.63) is 77.8 Å². The third-order valence-corrected chi connectivity index (χ3v) is 5.11. The van der Waals surface area contributed by atoms with E-state index in [1.54, 1.807) is 18.2 Å². The number of benzene rings is 1. The van der Waals surface area contributed by atoms with Crippen LogP contribution in [-0.2, 0) is 13.0 Å². The Labute approximate surface area is 158 Å². The first kappa shape index (κ1) is 17.5. The van der Waals surface area contributed by atoms with E-state index in [9.17, 15) is 9.90 Å². The normalized spacial score (nSPS) is 17.3. The lowest BCUT2D eigenvalue weighted by Gasteiger charge is -2.14.